The van der Waals surface area contributed by atoms with Crippen molar-refractivity contribution in [2.45, 2.75) is 38.1 Å². The minimum atomic E-state index is -0.311. The molecule has 0 amide bonds. The maximum Gasteiger partial charge on any atom is 0.192 e. The molecule has 0 bridgehead atoms. The minimum absolute atomic E-state index is 0.0130. The Morgan fingerprint density at radius 1 is 1.03 bits per heavy atom. The summed E-state index contributed by atoms with van der Waals surface area (Å²) in [5, 5.41) is 9.95. The van der Waals surface area contributed by atoms with Gasteiger partial charge in [-0.1, -0.05) is 23.4 Å². The summed E-state index contributed by atoms with van der Waals surface area (Å²) in [6.07, 6.45) is -0.311. The van der Waals surface area contributed by atoms with Crippen molar-refractivity contribution >= 4 is 29.1 Å². The van der Waals surface area contributed by atoms with Gasteiger partial charge < -0.3 is 14.0 Å². The first-order valence-electron chi connectivity index (χ1n) is 9.56. The molecule has 0 radical (unpaired) electrons. The summed E-state index contributed by atoms with van der Waals surface area (Å²) in [7, 11) is 1.63. The van der Waals surface area contributed by atoms with Gasteiger partial charge >= 0.3 is 0 Å². The summed E-state index contributed by atoms with van der Waals surface area (Å²) < 4.78 is 13.2. The highest BCUT2D eigenvalue weighted by atomic mass is 35.5. The van der Waals surface area contributed by atoms with Gasteiger partial charge in [0.15, 0.2) is 22.9 Å². The maximum atomic E-state index is 12.5. The van der Waals surface area contributed by atoms with Crippen LogP contribution in [0.2, 0.25) is 5.02 Å². The van der Waals surface area contributed by atoms with Gasteiger partial charge in [0.25, 0.3) is 0 Å². The van der Waals surface area contributed by atoms with Crippen LogP contribution in [-0.4, -0.2) is 33.4 Å². The molecule has 0 saturated heterocycles. The van der Waals surface area contributed by atoms with Crippen molar-refractivity contribution in [3.05, 3.63) is 64.9 Å². The number of ether oxygens (including phenoxy) is 2. The van der Waals surface area contributed by atoms with E-state index >= 15 is 0 Å². The molecule has 0 fully saturated rings. The third kappa shape index (κ3) is 5.34. The first-order chi connectivity index (χ1) is 14.4. The van der Waals surface area contributed by atoms with Crippen molar-refractivity contribution in [1.82, 2.24) is 14.8 Å². The molecule has 6 nitrogen and oxygen atoms in total. The van der Waals surface area contributed by atoms with Gasteiger partial charge in [0.05, 0.1) is 12.9 Å². The number of nitrogens with zero attached hydrogens (tertiary/aromatic N) is 3. The Kier molecular flexibility index (Phi) is 7.39. The number of hydrogen-bond acceptors (Lipinski definition) is 6. The summed E-state index contributed by atoms with van der Waals surface area (Å²) in [4.78, 5) is 12.5. The number of methoxy groups -OCH3 is 1. The molecule has 1 heterocycles. The molecule has 1 unspecified atom stereocenters. The Morgan fingerprint density at radius 3 is 2.27 bits per heavy atom. The highest BCUT2D eigenvalue weighted by Gasteiger charge is 2.22. The molecule has 0 N–H and O–H groups in total. The van der Waals surface area contributed by atoms with E-state index in [9.17, 15) is 4.79 Å². The fourth-order valence-corrected chi connectivity index (χ4v) is 4.00. The largest absolute Gasteiger partial charge is 0.497 e. The number of benzene rings is 2. The number of aromatic nitrogens is 3. The predicted molar refractivity (Wildman–Crippen MR) is 119 cm³/mol. The van der Waals surface area contributed by atoms with Crippen LogP contribution < -0.4 is 9.47 Å². The topological polar surface area (TPSA) is 66.2 Å². The van der Waals surface area contributed by atoms with Crippen molar-refractivity contribution in [1.29, 1.82) is 0 Å². The summed E-state index contributed by atoms with van der Waals surface area (Å²) in [6, 6.07) is 14.4. The van der Waals surface area contributed by atoms with Crippen LogP contribution in [0.4, 0.5) is 0 Å². The van der Waals surface area contributed by atoms with Gasteiger partial charge in [0.1, 0.15) is 11.5 Å². The molecule has 3 aromatic rings. The third-order valence-corrected chi connectivity index (χ3v) is 5.64. The Balaban J connectivity index is 1.72. The molecule has 0 saturated carbocycles. The molecule has 0 aliphatic rings. The zero-order valence-corrected chi connectivity index (χ0v) is 18.9. The first-order valence-corrected chi connectivity index (χ1v) is 10.9. The van der Waals surface area contributed by atoms with Crippen LogP contribution in [0.1, 0.15) is 49.1 Å². The number of rotatable bonds is 9. The zero-order chi connectivity index (χ0) is 21.7. The SMILES string of the molecule is COc1ccc(OC(C)c2nnc(SCC(=O)c3ccc(Cl)cc3)n2C(C)C)cc1. The second-order valence-corrected chi connectivity index (χ2v) is 8.34. The van der Waals surface area contributed by atoms with E-state index in [0.29, 0.717) is 27.3 Å². The van der Waals surface area contributed by atoms with Crippen LogP contribution in [0, 0.1) is 0 Å². The zero-order valence-electron chi connectivity index (χ0n) is 17.3. The van der Waals surface area contributed by atoms with Gasteiger partial charge in [-0.2, -0.15) is 0 Å². The molecule has 2 aromatic carbocycles. The summed E-state index contributed by atoms with van der Waals surface area (Å²) in [6.45, 7) is 6.04. The highest BCUT2D eigenvalue weighted by molar-refractivity contribution is 7.99. The summed E-state index contributed by atoms with van der Waals surface area (Å²) >= 11 is 7.26. The lowest BCUT2D eigenvalue weighted by molar-refractivity contribution is 0.102. The maximum absolute atomic E-state index is 12.5. The van der Waals surface area contributed by atoms with Crippen molar-refractivity contribution in [2.75, 3.05) is 12.9 Å². The van der Waals surface area contributed by atoms with Gasteiger partial charge in [0, 0.05) is 16.6 Å². The Labute approximate surface area is 185 Å². The van der Waals surface area contributed by atoms with Crippen molar-refractivity contribution in [3.63, 3.8) is 0 Å². The van der Waals surface area contributed by atoms with E-state index < -0.39 is 0 Å². The molecule has 158 valence electrons. The molecule has 0 aliphatic heterocycles. The lowest BCUT2D eigenvalue weighted by Gasteiger charge is -2.19. The van der Waals surface area contributed by atoms with Gasteiger partial charge in [0.2, 0.25) is 0 Å². The lowest BCUT2D eigenvalue weighted by Crippen LogP contribution is -2.14. The standard InChI is InChI=1S/C22H24ClN3O3S/c1-14(2)26-21(15(3)29-19-11-9-18(28-4)10-12-19)24-25-22(26)30-13-20(27)16-5-7-17(23)8-6-16/h5-12,14-15H,13H2,1-4H3. The Morgan fingerprint density at radius 2 is 1.67 bits per heavy atom. The number of halogens is 1. The second-order valence-electron chi connectivity index (χ2n) is 6.96. The van der Waals surface area contributed by atoms with Crippen LogP contribution in [-0.2, 0) is 0 Å². The second kappa shape index (κ2) is 10.00. The van der Waals surface area contributed by atoms with Crippen LogP contribution in [0.15, 0.2) is 53.7 Å². The van der Waals surface area contributed by atoms with Crippen LogP contribution in [0.3, 0.4) is 0 Å². The average molecular weight is 446 g/mol. The molecule has 3 rings (SSSR count). The smallest absolute Gasteiger partial charge is 0.192 e. The van der Waals surface area contributed by atoms with E-state index in [2.05, 4.69) is 24.0 Å². The van der Waals surface area contributed by atoms with Gasteiger partial charge in [-0.05, 0) is 69.3 Å². The van der Waals surface area contributed by atoms with E-state index in [0.717, 1.165) is 5.75 Å². The molecule has 0 aliphatic carbocycles. The van der Waals surface area contributed by atoms with E-state index in [-0.39, 0.29) is 23.7 Å². The first kappa shape index (κ1) is 22.2. The predicted octanol–water partition coefficient (Wildman–Crippen LogP) is 5.64. The number of carbonyl (C=O) groups excluding carboxylic acids is 1. The average Bonchev–Trinajstić information content (AvgIpc) is 3.17. The molecule has 1 aromatic heterocycles. The minimum Gasteiger partial charge on any atom is -0.497 e. The monoisotopic (exact) mass is 445 g/mol. The van der Waals surface area contributed by atoms with E-state index in [1.807, 2.05) is 35.8 Å². The van der Waals surface area contributed by atoms with Crippen LogP contribution in [0.5, 0.6) is 11.5 Å². The molecule has 30 heavy (non-hydrogen) atoms. The number of ketones is 1. The van der Waals surface area contributed by atoms with Gasteiger partial charge in [-0.3, -0.25) is 4.79 Å². The molecule has 8 heteroatoms. The van der Waals surface area contributed by atoms with E-state index in [1.165, 1.54) is 11.8 Å². The molecular weight excluding hydrogens is 422 g/mol. The number of hydrogen-bond donors (Lipinski definition) is 0. The van der Waals surface area contributed by atoms with Crippen molar-refractivity contribution in [3.8, 4) is 11.5 Å². The summed E-state index contributed by atoms with van der Waals surface area (Å²) in [5.41, 5.74) is 0.624. The number of thioether (sulfide) groups is 1. The quantitative estimate of drug-likeness (QED) is 0.314. The van der Waals surface area contributed by atoms with E-state index in [4.69, 9.17) is 21.1 Å². The van der Waals surface area contributed by atoms with Crippen molar-refractivity contribution < 1.29 is 14.3 Å². The number of carbonyl (C=O) groups is 1. The van der Waals surface area contributed by atoms with E-state index in [1.54, 1.807) is 31.4 Å². The van der Waals surface area contributed by atoms with Crippen molar-refractivity contribution in [2.24, 2.45) is 0 Å². The normalized spacial score (nSPS) is 12.1. The summed E-state index contributed by atoms with van der Waals surface area (Å²) in [5.74, 6) is 2.47. The van der Waals surface area contributed by atoms with Gasteiger partial charge in [-0.15, -0.1) is 10.2 Å². The van der Waals surface area contributed by atoms with Gasteiger partial charge in [-0.25, -0.2) is 0 Å². The molecule has 1 atom stereocenters. The van der Waals surface area contributed by atoms with Crippen LogP contribution in [0.25, 0.3) is 0 Å². The van der Waals surface area contributed by atoms with Crippen LogP contribution >= 0.6 is 23.4 Å². The molecule has 0 spiro atoms. The lowest BCUT2D eigenvalue weighted by atomic mass is 10.1. The Bertz CT molecular complexity index is 988. The number of Topliss-reactive ketones (excluding diaryl/α,β-unsaturated/α-hetero) is 1. The molecular formula is C22H24ClN3O3S. The fraction of sp³-hybridized carbons (Fsp3) is 0.318. The third-order valence-electron chi connectivity index (χ3n) is 4.44. The highest BCUT2D eigenvalue weighted by Crippen LogP contribution is 2.28. The fourth-order valence-electron chi connectivity index (χ4n) is 2.91. The Hall–Kier alpha value is -2.51.